The Labute approximate surface area is 260 Å². The summed E-state index contributed by atoms with van der Waals surface area (Å²) in [5.41, 5.74) is 14.6. The van der Waals surface area contributed by atoms with Crippen molar-refractivity contribution in [3.63, 3.8) is 0 Å². The van der Waals surface area contributed by atoms with Gasteiger partial charge in [-0.25, -0.2) is 0 Å². The molecule has 0 bridgehead atoms. The maximum absolute atomic E-state index is 13.4. The first-order valence-electron chi connectivity index (χ1n) is 14.2. The van der Waals surface area contributed by atoms with Crippen LogP contribution in [0.15, 0.2) is 146 Å². The van der Waals surface area contributed by atoms with Crippen LogP contribution in [0, 0.1) is 0 Å². The Balaban J connectivity index is 1.12. The van der Waals surface area contributed by atoms with Gasteiger partial charge in [0.25, 0.3) is 0 Å². The van der Waals surface area contributed by atoms with E-state index in [1.807, 2.05) is 12.1 Å². The molecule has 0 unspecified atom stereocenters. The fourth-order valence-electron chi connectivity index (χ4n) is 4.61. The van der Waals surface area contributed by atoms with Crippen LogP contribution >= 0.6 is 0 Å². The number of ether oxygens (including phenoxy) is 3. The van der Waals surface area contributed by atoms with Crippen molar-refractivity contribution in [1.29, 1.82) is 0 Å². The third-order valence-electron chi connectivity index (χ3n) is 6.95. The normalized spacial score (nSPS) is 10.6. The number of anilines is 2. The van der Waals surface area contributed by atoms with E-state index in [-0.39, 0.29) is 11.6 Å². The summed E-state index contributed by atoms with van der Waals surface area (Å²) in [5.74, 6) is 2.77. The summed E-state index contributed by atoms with van der Waals surface area (Å²) in [4.78, 5) is 26.7. The van der Waals surface area contributed by atoms with Gasteiger partial charge in [0.2, 0.25) is 0 Å². The standard InChI is InChI=1S/C38H28N2O5/c39-27-13-21-31(22-14-27)44-35-7-3-1-5-33(35)37(41)25-9-17-29(18-10-25)43-30-19-11-26(12-20-30)38(42)34-6-2-4-8-36(34)45-32-23-15-28(40)16-24-32/h1-24H,39-40H2. The molecule has 0 aromatic heterocycles. The molecule has 0 aliphatic heterocycles. The van der Waals surface area contributed by atoms with Crippen LogP contribution in [0.2, 0.25) is 0 Å². The first-order chi connectivity index (χ1) is 21.9. The number of hydrogen-bond donors (Lipinski definition) is 2. The molecular formula is C38H28N2O5. The summed E-state index contributed by atoms with van der Waals surface area (Å²) < 4.78 is 17.9. The molecule has 7 nitrogen and oxygen atoms in total. The smallest absolute Gasteiger partial charge is 0.196 e. The second-order valence-electron chi connectivity index (χ2n) is 10.1. The highest BCUT2D eigenvalue weighted by atomic mass is 16.5. The Morgan fingerprint density at radius 3 is 1.07 bits per heavy atom. The molecule has 0 fully saturated rings. The molecule has 220 valence electrons. The molecule has 6 aromatic carbocycles. The highest BCUT2D eigenvalue weighted by molar-refractivity contribution is 6.11. The van der Waals surface area contributed by atoms with Crippen LogP contribution in [0.1, 0.15) is 31.8 Å². The summed E-state index contributed by atoms with van der Waals surface area (Å²) in [6, 6.07) is 41.8. The second-order valence-corrected chi connectivity index (χ2v) is 10.1. The van der Waals surface area contributed by atoms with Gasteiger partial charge in [-0.2, -0.15) is 0 Å². The number of nitrogens with two attached hydrogens (primary N) is 2. The molecule has 0 amide bonds. The minimum atomic E-state index is -0.184. The molecule has 0 spiro atoms. The molecule has 0 aliphatic carbocycles. The summed E-state index contributed by atoms with van der Waals surface area (Å²) in [6.07, 6.45) is 0. The lowest BCUT2D eigenvalue weighted by Gasteiger charge is -2.12. The van der Waals surface area contributed by atoms with Crippen LogP contribution in [0.4, 0.5) is 11.4 Å². The number of para-hydroxylation sites is 2. The number of hydrogen-bond acceptors (Lipinski definition) is 7. The maximum Gasteiger partial charge on any atom is 0.196 e. The topological polar surface area (TPSA) is 114 Å². The number of rotatable bonds is 10. The van der Waals surface area contributed by atoms with E-state index in [4.69, 9.17) is 25.7 Å². The number of benzene rings is 6. The number of carbonyl (C=O) groups is 2. The van der Waals surface area contributed by atoms with E-state index in [1.54, 1.807) is 133 Å². The Bertz CT molecular complexity index is 1810. The van der Waals surface area contributed by atoms with Crippen molar-refractivity contribution in [3.05, 3.63) is 168 Å². The van der Waals surface area contributed by atoms with Crippen LogP contribution in [0.3, 0.4) is 0 Å². The van der Waals surface area contributed by atoms with Gasteiger partial charge < -0.3 is 25.7 Å². The van der Waals surface area contributed by atoms with Gasteiger partial charge in [0.05, 0.1) is 11.1 Å². The van der Waals surface area contributed by atoms with E-state index < -0.39 is 0 Å². The molecule has 4 N–H and O–H groups in total. The SMILES string of the molecule is Nc1ccc(Oc2ccccc2C(=O)c2ccc(Oc3ccc(C(=O)c4ccccc4Oc4ccc(N)cc4)cc3)cc2)cc1. The van der Waals surface area contributed by atoms with E-state index in [9.17, 15) is 9.59 Å². The van der Waals surface area contributed by atoms with Crippen molar-refractivity contribution in [3.8, 4) is 34.5 Å². The van der Waals surface area contributed by atoms with Gasteiger partial charge in [-0.1, -0.05) is 24.3 Å². The van der Waals surface area contributed by atoms with Gasteiger partial charge in [-0.15, -0.1) is 0 Å². The molecule has 0 saturated heterocycles. The quantitative estimate of drug-likeness (QED) is 0.121. The van der Waals surface area contributed by atoms with Gasteiger partial charge in [0.1, 0.15) is 34.5 Å². The Kier molecular flexibility index (Phi) is 8.24. The highest BCUT2D eigenvalue weighted by Crippen LogP contribution is 2.31. The monoisotopic (exact) mass is 592 g/mol. The van der Waals surface area contributed by atoms with Crippen LogP contribution < -0.4 is 25.7 Å². The predicted octanol–water partition coefficient (Wildman–Crippen LogP) is 8.69. The first kappa shape index (κ1) is 28.8. The van der Waals surface area contributed by atoms with E-state index in [1.165, 1.54) is 0 Å². The van der Waals surface area contributed by atoms with E-state index in [0.29, 0.717) is 68.1 Å². The van der Waals surface area contributed by atoms with Crippen molar-refractivity contribution in [2.45, 2.75) is 0 Å². The summed E-state index contributed by atoms with van der Waals surface area (Å²) >= 11 is 0. The van der Waals surface area contributed by atoms with E-state index >= 15 is 0 Å². The van der Waals surface area contributed by atoms with Crippen LogP contribution in [0.25, 0.3) is 0 Å². The lowest BCUT2D eigenvalue weighted by atomic mass is 10.0. The Morgan fingerprint density at radius 1 is 0.378 bits per heavy atom. The zero-order valence-corrected chi connectivity index (χ0v) is 24.1. The largest absolute Gasteiger partial charge is 0.457 e. The van der Waals surface area contributed by atoms with Crippen molar-refractivity contribution in [1.82, 2.24) is 0 Å². The summed E-state index contributed by atoms with van der Waals surface area (Å²) in [6.45, 7) is 0. The third-order valence-corrected chi connectivity index (χ3v) is 6.95. The zero-order valence-electron chi connectivity index (χ0n) is 24.1. The molecule has 0 atom stereocenters. The summed E-state index contributed by atoms with van der Waals surface area (Å²) in [5, 5.41) is 0. The molecule has 0 radical (unpaired) electrons. The third kappa shape index (κ3) is 6.84. The van der Waals surface area contributed by atoms with Crippen molar-refractivity contribution in [2.24, 2.45) is 0 Å². The van der Waals surface area contributed by atoms with Gasteiger partial charge in [-0.05, 0) is 121 Å². The molecule has 6 rings (SSSR count). The van der Waals surface area contributed by atoms with Gasteiger partial charge in [0, 0.05) is 22.5 Å². The maximum atomic E-state index is 13.4. The molecule has 7 heteroatoms. The predicted molar refractivity (Wildman–Crippen MR) is 175 cm³/mol. The highest BCUT2D eigenvalue weighted by Gasteiger charge is 2.17. The Hall–Kier alpha value is -6.34. The minimum Gasteiger partial charge on any atom is -0.457 e. The average Bonchev–Trinajstić information content (AvgIpc) is 3.07. The van der Waals surface area contributed by atoms with Gasteiger partial charge in [0.15, 0.2) is 11.6 Å². The molecule has 0 saturated carbocycles. The van der Waals surface area contributed by atoms with Crippen LogP contribution in [-0.4, -0.2) is 11.6 Å². The molecule has 0 aliphatic rings. The lowest BCUT2D eigenvalue weighted by molar-refractivity contribution is 0.102. The molecule has 45 heavy (non-hydrogen) atoms. The number of nitrogen functional groups attached to an aromatic ring is 2. The van der Waals surface area contributed by atoms with Crippen molar-refractivity contribution >= 4 is 22.9 Å². The van der Waals surface area contributed by atoms with E-state index in [2.05, 4.69) is 0 Å². The Morgan fingerprint density at radius 2 is 0.689 bits per heavy atom. The molecule has 0 heterocycles. The second kappa shape index (κ2) is 12.9. The summed E-state index contributed by atoms with van der Waals surface area (Å²) in [7, 11) is 0. The van der Waals surface area contributed by atoms with Gasteiger partial charge in [-0.3, -0.25) is 9.59 Å². The fraction of sp³-hybridized carbons (Fsp3) is 0. The van der Waals surface area contributed by atoms with Gasteiger partial charge >= 0.3 is 0 Å². The lowest BCUT2D eigenvalue weighted by Crippen LogP contribution is -2.04. The van der Waals surface area contributed by atoms with Crippen LogP contribution in [0.5, 0.6) is 34.5 Å². The molecule has 6 aromatic rings. The van der Waals surface area contributed by atoms with Crippen LogP contribution in [-0.2, 0) is 0 Å². The van der Waals surface area contributed by atoms with Crippen molar-refractivity contribution in [2.75, 3.05) is 11.5 Å². The average molecular weight is 593 g/mol. The number of ketones is 2. The molecular weight excluding hydrogens is 564 g/mol. The van der Waals surface area contributed by atoms with E-state index in [0.717, 1.165) is 0 Å². The minimum absolute atomic E-state index is 0.184. The number of carbonyl (C=O) groups excluding carboxylic acids is 2. The first-order valence-corrected chi connectivity index (χ1v) is 14.2. The fourth-order valence-corrected chi connectivity index (χ4v) is 4.61. The van der Waals surface area contributed by atoms with Crippen molar-refractivity contribution < 1.29 is 23.8 Å². The zero-order chi connectivity index (χ0) is 31.2.